The van der Waals surface area contributed by atoms with Gasteiger partial charge in [0, 0.05) is 12.5 Å². The van der Waals surface area contributed by atoms with E-state index in [9.17, 15) is 9.90 Å². The Labute approximate surface area is 156 Å². The minimum atomic E-state index is 0.0783. The van der Waals surface area contributed by atoms with Gasteiger partial charge in [-0.05, 0) is 68.0 Å². The number of ether oxygens (including phenoxy) is 1. The third-order valence-corrected chi connectivity index (χ3v) is 4.25. The second-order valence-electron chi connectivity index (χ2n) is 6.67. The highest BCUT2D eigenvalue weighted by Gasteiger charge is 2.08. The van der Waals surface area contributed by atoms with Crippen LogP contribution in [0.3, 0.4) is 0 Å². The molecule has 0 saturated carbocycles. The van der Waals surface area contributed by atoms with Crippen LogP contribution in [0.5, 0.6) is 11.5 Å². The molecule has 0 saturated heterocycles. The van der Waals surface area contributed by atoms with Crippen molar-refractivity contribution in [2.45, 2.75) is 52.0 Å². The number of phenolic OH excluding ortho intramolecular Hbond substituents is 1. The maximum Gasteiger partial charge on any atom is 0.220 e. The monoisotopic (exact) mass is 355 g/mol. The van der Waals surface area contributed by atoms with Crippen LogP contribution in [0.2, 0.25) is 0 Å². The van der Waals surface area contributed by atoms with E-state index in [0.717, 1.165) is 49.2 Å². The standard InChI is InChI=1S/C22H29NO3/c1-3-16-26-21-13-8-19(9-14-21)10-15-22(25)23-17(2)4-5-18-6-11-20(24)12-7-18/h6-9,11-14,17,24H,3-5,10,15-16H2,1-2H3,(H,23,25)/t17-/m0/s1. The lowest BCUT2D eigenvalue weighted by molar-refractivity contribution is -0.121. The van der Waals surface area contributed by atoms with E-state index in [4.69, 9.17) is 4.74 Å². The zero-order chi connectivity index (χ0) is 18.8. The third-order valence-electron chi connectivity index (χ3n) is 4.25. The minimum absolute atomic E-state index is 0.0783. The molecule has 0 unspecified atom stereocenters. The van der Waals surface area contributed by atoms with Crippen LogP contribution in [0.15, 0.2) is 48.5 Å². The average molecular weight is 355 g/mol. The first-order valence-corrected chi connectivity index (χ1v) is 9.36. The molecule has 0 aliphatic heterocycles. The number of benzene rings is 2. The van der Waals surface area contributed by atoms with Crippen molar-refractivity contribution < 1.29 is 14.6 Å². The number of aryl methyl sites for hydroxylation is 2. The molecule has 140 valence electrons. The van der Waals surface area contributed by atoms with Gasteiger partial charge in [-0.15, -0.1) is 0 Å². The first kappa shape index (κ1) is 19.8. The van der Waals surface area contributed by atoms with Crippen molar-refractivity contribution in [2.75, 3.05) is 6.61 Å². The Bertz CT molecular complexity index is 665. The van der Waals surface area contributed by atoms with Gasteiger partial charge in [-0.3, -0.25) is 4.79 Å². The van der Waals surface area contributed by atoms with Crippen LogP contribution >= 0.6 is 0 Å². The summed E-state index contributed by atoms with van der Waals surface area (Å²) >= 11 is 0. The van der Waals surface area contributed by atoms with Crippen molar-refractivity contribution in [3.05, 3.63) is 59.7 Å². The van der Waals surface area contributed by atoms with Gasteiger partial charge in [0.2, 0.25) is 5.91 Å². The first-order chi connectivity index (χ1) is 12.6. The fraction of sp³-hybridized carbons (Fsp3) is 0.409. The molecule has 0 bridgehead atoms. The number of aromatic hydroxyl groups is 1. The lowest BCUT2D eigenvalue weighted by atomic mass is 10.1. The van der Waals surface area contributed by atoms with Crippen molar-refractivity contribution >= 4 is 5.91 Å². The van der Waals surface area contributed by atoms with E-state index in [1.165, 1.54) is 0 Å². The molecule has 1 atom stereocenters. The third kappa shape index (κ3) is 7.18. The fourth-order valence-corrected chi connectivity index (χ4v) is 2.70. The first-order valence-electron chi connectivity index (χ1n) is 9.36. The lowest BCUT2D eigenvalue weighted by Crippen LogP contribution is -2.33. The molecule has 1 amide bonds. The molecule has 2 rings (SSSR count). The van der Waals surface area contributed by atoms with Crippen molar-refractivity contribution in [3.8, 4) is 11.5 Å². The summed E-state index contributed by atoms with van der Waals surface area (Å²) in [7, 11) is 0. The van der Waals surface area contributed by atoms with E-state index >= 15 is 0 Å². The topological polar surface area (TPSA) is 58.6 Å². The zero-order valence-electron chi connectivity index (χ0n) is 15.7. The van der Waals surface area contributed by atoms with Gasteiger partial charge in [0.15, 0.2) is 0 Å². The van der Waals surface area contributed by atoms with Gasteiger partial charge in [0.25, 0.3) is 0 Å². The summed E-state index contributed by atoms with van der Waals surface area (Å²) in [6.45, 7) is 4.83. The smallest absolute Gasteiger partial charge is 0.220 e. The van der Waals surface area contributed by atoms with Gasteiger partial charge in [0.05, 0.1) is 6.61 Å². The summed E-state index contributed by atoms with van der Waals surface area (Å²) in [4.78, 5) is 12.1. The predicted molar refractivity (Wildman–Crippen MR) is 105 cm³/mol. The molecule has 4 nitrogen and oxygen atoms in total. The molecule has 0 aliphatic rings. The molecule has 0 spiro atoms. The summed E-state index contributed by atoms with van der Waals surface area (Å²) in [5.74, 6) is 1.23. The van der Waals surface area contributed by atoms with Crippen molar-refractivity contribution in [3.63, 3.8) is 0 Å². The molecule has 0 radical (unpaired) electrons. The summed E-state index contributed by atoms with van der Waals surface area (Å²) in [5.41, 5.74) is 2.30. The molecule has 2 N–H and O–H groups in total. The summed E-state index contributed by atoms with van der Waals surface area (Å²) in [6.07, 6.45) is 3.96. The summed E-state index contributed by atoms with van der Waals surface area (Å²) in [5, 5.41) is 12.4. The second kappa shape index (κ2) is 10.5. The maximum atomic E-state index is 12.1. The fourth-order valence-electron chi connectivity index (χ4n) is 2.70. The predicted octanol–water partition coefficient (Wildman–Crippen LogP) is 4.25. The van der Waals surface area contributed by atoms with Crippen molar-refractivity contribution in [2.24, 2.45) is 0 Å². The SMILES string of the molecule is CCCOc1ccc(CCC(=O)N[C@@H](C)CCc2ccc(O)cc2)cc1. The Morgan fingerprint density at radius 1 is 1.04 bits per heavy atom. The van der Waals surface area contributed by atoms with E-state index in [2.05, 4.69) is 12.2 Å². The Balaban J connectivity index is 1.68. The van der Waals surface area contributed by atoms with E-state index in [1.807, 2.05) is 43.3 Å². The number of amides is 1. The van der Waals surface area contributed by atoms with E-state index in [0.29, 0.717) is 6.42 Å². The van der Waals surface area contributed by atoms with Gasteiger partial charge in [-0.1, -0.05) is 31.2 Å². The van der Waals surface area contributed by atoms with Gasteiger partial charge < -0.3 is 15.2 Å². The molecule has 2 aromatic carbocycles. The largest absolute Gasteiger partial charge is 0.508 e. The number of phenols is 1. The molecule has 4 heteroatoms. The normalized spacial score (nSPS) is 11.8. The number of nitrogens with one attached hydrogen (secondary N) is 1. The summed E-state index contributed by atoms with van der Waals surface area (Å²) in [6, 6.07) is 15.3. The van der Waals surface area contributed by atoms with Crippen LogP contribution in [0.25, 0.3) is 0 Å². The molecule has 0 fully saturated rings. The Morgan fingerprint density at radius 2 is 1.65 bits per heavy atom. The van der Waals surface area contributed by atoms with Crippen LogP contribution in [0, 0.1) is 0 Å². The van der Waals surface area contributed by atoms with E-state index in [1.54, 1.807) is 12.1 Å². The van der Waals surface area contributed by atoms with Crippen LogP contribution in [-0.4, -0.2) is 23.7 Å². The van der Waals surface area contributed by atoms with Crippen molar-refractivity contribution in [1.82, 2.24) is 5.32 Å². The summed E-state index contributed by atoms with van der Waals surface area (Å²) < 4.78 is 5.57. The van der Waals surface area contributed by atoms with Gasteiger partial charge in [-0.2, -0.15) is 0 Å². The number of rotatable bonds is 10. The van der Waals surface area contributed by atoms with Crippen LogP contribution in [-0.2, 0) is 17.6 Å². The molecule has 2 aromatic rings. The Morgan fingerprint density at radius 3 is 2.31 bits per heavy atom. The molecule has 0 heterocycles. The van der Waals surface area contributed by atoms with Gasteiger partial charge in [0.1, 0.15) is 11.5 Å². The average Bonchev–Trinajstić information content (AvgIpc) is 2.65. The quantitative estimate of drug-likeness (QED) is 0.670. The second-order valence-corrected chi connectivity index (χ2v) is 6.67. The maximum absolute atomic E-state index is 12.1. The highest BCUT2D eigenvalue weighted by Crippen LogP contribution is 2.14. The van der Waals surface area contributed by atoms with Crippen LogP contribution < -0.4 is 10.1 Å². The molecule has 26 heavy (non-hydrogen) atoms. The van der Waals surface area contributed by atoms with Gasteiger partial charge >= 0.3 is 0 Å². The molecule has 0 aromatic heterocycles. The minimum Gasteiger partial charge on any atom is -0.508 e. The van der Waals surface area contributed by atoms with Crippen LogP contribution in [0.1, 0.15) is 44.2 Å². The van der Waals surface area contributed by atoms with Crippen LogP contribution in [0.4, 0.5) is 0 Å². The van der Waals surface area contributed by atoms with Crippen molar-refractivity contribution in [1.29, 1.82) is 0 Å². The number of hydrogen-bond donors (Lipinski definition) is 2. The number of carbonyl (C=O) groups is 1. The molecular weight excluding hydrogens is 326 g/mol. The zero-order valence-corrected chi connectivity index (χ0v) is 15.7. The van der Waals surface area contributed by atoms with E-state index < -0.39 is 0 Å². The lowest BCUT2D eigenvalue weighted by Gasteiger charge is -2.14. The number of carbonyl (C=O) groups excluding carboxylic acids is 1. The van der Waals surface area contributed by atoms with E-state index in [-0.39, 0.29) is 17.7 Å². The van der Waals surface area contributed by atoms with Gasteiger partial charge in [-0.25, -0.2) is 0 Å². The Hall–Kier alpha value is -2.49. The molecular formula is C22H29NO3. The highest BCUT2D eigenvalue weighted by atomic mass is 16.5. The Kier molecular flexibility index (Phi) is 8.00. The number of hydrogen-bond acceptors (Lipinski definition) is 3. The molecule has 0 aliphatic carbocycles. The highest BCUT2D eigenvalue weighted by molar-refractivity contribution is 5.76.